The molecule has 0 spiro atoms. The Kier molecular flexibility index (Phi) is 6.19. The molecule has 7 heteroatoms. The Bertz CT molecular complexity index is 451. The van der Waals surface area contributed by atoms with Gasteiger partial charge in [-0.05, 0) is 36.6 Å². The average molecular weight is 356 g/mol. The Hall–Kier alpha value is -0.690. The van der Waals surface area contributed by atoms with Gasteiger partial charge in [0.05, 0.1) is 11.1 Å². The monoisotopic (exact) mass is 355 g/mol. The third-order valence-corrected chi connectivity index (χ3v) is 3.53. The van der Waals surface area contributed by atoms with E-state index in [0.29, 0.717) is 11.0 Å². The molecular weight excluding hydrogens is 343 g/mol. The van der Waals surface area contributed by atoms with Crippen LogP contribution in [0.2, 0.25) is 0 Å². The van der Waals surface area contributed by atoms with Gasteiger partial charge in [0, 0.05) is 11.0 Å². The molecule has 0 aliphatic heterocycles. The van der Waals surface area contributed by atoms with Crippen molar-refractivity contribution in [2.75, 3.05) is 18.6 Å². The highest BCUT2D eigenvalue weighted by atomic mass is 79.9. The highest BCUT2D eigenvalue weighted by molar-refractivity contribution is 9.10. The van der Waals surface area contributed by atoms with Crippen molar-refractivity contribution in [2.24, 2.45) is 0 Å². The Morgan fingerprint density at radius 1 is 1.42 bits per heavy atom. The number of alkyl halides is 3. The first-order chi connectivity index (χ1) is 8.86. The van der Waals surface area contributed by atoms with Crippen molar-refractivity contribution in [1.82, 2.24) is 5.32 Å². The molecule has 0 fully saturated rings. The number of carbonyl (C=O) groups is 1. The van der Waals surface area contributed by atoms with Gasteiger partial charge in [0.2, 0.25) is 0 Å². The van der Waals surface area contributed by atoms with Gasteiger partial charge in [-0.1, -0.05) is 15.9 Å². The van der Waals surface area contributed by atoms with Gasteiger partial charge >= 0.3 is 6.18 Å². The zero-order valence-corrected chi connectivity index (χ0v) is 12.6. The van der Waals surface area contributed by atoms with Crippen LogP contribution in [0.5, 0.6) is 0 Å². The van der Waals surface area contributed by atoms with Crippen molar-refractivity contribution in [3.05, 3.63) is 33.8 Å². The van der Waals surface area contributed by atoms with Gasteiger partial charge in [-0.3, -0.25) is 4.79 Å². The first-order valence-electron chi connectivity index (χ1n) is 5.50. The van der Waals surface area contributed by atoms with Crippen LogP contribution in [-0.2, 0) is 6.18 Å². The van der Waals surface area contributed by atoms with Crippen LogP contribution in [0.1, 0.15) is 22.3 Å². The van der Waals surface area contributed by atoms with Crippen LogP contribution in [0.4, 0.5) is 13.2 Å². The first-order valence-corrected chi connectivity index (χ1v) is 7.69. The number of halogens is 4. The molecule has 0 bridgehead atoms. The number of hydrogen-bond donors (Lipinski definition) is 1. The number of hydrogen-bond acceptors (Lipinski definition) is 2. The van der Waals surface area contributed by atoms with E-state index < -0.39 is 17.6 Å². The minimum atomic E-state index is -4.55. The van der Waals surface area contributed by atoms with Gasteiger partial charge in [0.25, 0.3) is 5.91 Å². The minimum Gasteiger partial charge on any atom is -0.352 e. The van der Waals surface area contributed by atoms with Crippen molar-refractivity contribution in [3.63, 3.8) is 0 Å². The smallest absolute Gasteiger partial charge is 0.352 e. The van der Waals surface area contributed by atoms with E-state index in [1.165, 1.54) is 12.1 Å². The lowest BCUT2D eigenvalue weighted by molar-refractivity contribution is -0.138. The highest BCUT2D eigenvalue weighted by Crippen LogP contribution is 2.33. The Morgan fingerprint density at radius 3 is 2.68 bits per heavy atom. The van der Waals surface area contributed by atoms with Gasteiger partial charge in [-0.15, -0.1) is 0 Å². The average Bonchev–Trinajstić information content (AvgIpc) is 2.33. The van der Waals surface area contributed by atoms with Crippen molar-refractivity contribution in [2.45, 2.75) is 12.6 Å². The van der Waals surface area contributed by atoms with E-state index >= 15 is 0 Å². The predicted octanol–water partition coefficient (Wildman–Crippen LogP) is 3.95. The van der Waals surface area contributed by atoms with E-state index in [4.69, 9.17) is 0 Å². The van der Waals surface area contributed by atoms with Gasteiger partial charge < -0.3 is 5.32 Å². The van der Waals surface area contributed by atoms with Crippen LogP contribution in [0.3, 0.4) is 0 Å². The van der Waals surface area contributed by atoms with E-state index in [1.807, 2.05) is 6.26 Å². The molecular formula is C12H13BrF3NOS. The van der Waals surface area contributed by atoms with Crippen LogP contribution in [-0.4, -0.2) is 24.5 Å². The maximum absolute atomic E-state index is 12.8. The summed E-state index contributed by atoms with van der Waals surface area (Å²) in [7, 11) is 0. The number of thioether (sulfide) groups is 1. The summed E-state index contributed by atoms with van der Waals surface area (Å²) in [5, 5.41) is 2.50. The summed E-state index contributed by atoms with van der Waals surface area (Å²) in [6.07, 6.45) is -1.89. The van der Waals surface area contributed by atoms with E-state index in [2.05, 4.69) is 21.2 Å². The molecule has 0 unspecified atom stereocenters. The highest BCUT2D eigenvalue weighted by Gasteiger charge is 2.35. The molecule has 19 heavy (non-hydrogen) atoms. The third kappa shape index (κ3) is 5.06. The molecule has 1 aromatic rings. The van der Waals surface area contributed by atoms with E-state index in [1.54, 1.807) is 11.8 Å². The molecule has 0 atom stereocenters. The second kappa shape index (κ2) is 7.19. The molecule has 2 nitrogen and oxygen atoms in total. The molecule has 0 saturated carbocycles. The summed E-state index contributed by atoms with van der Waals surface area (Å²) in [4.78, 5) is 11.8. The topological polar surface area (TPSA) is 29.1 Å². The summed E-state index contributed by atoms with van der Waals surface area (Å²) in [6, 6.07) is 3.51. The molecule has 1 amide bonds. The van der Waals surface area contributed by atoms with Crippen molar-refractivity contribution in [3.8, 4) is 0 Å². The molecule has 0 radical (unpaired) electrons. The quantitative estimate of drug-likeness (QED) is 0.810. The van der Waals surface area contributed by atoms with Crippen LogP contribution in [0.25, 0.3) is 0 Å². The van der Waals surface area contributed by atoms with Crippen molar-refractivity contribution >= 4 is 33.6 Å². The standard InChI is InChI=1S/C12H13BrF3NOS/c1-19-6-2-5-17-11(18)9-4-3-8(13)7-10(9)12(14,15)16/h3-4,7H,2,5-6H2,1H3,(H,17,18). The lowest BCUT2D eigenvalue weighted by atomic mass is 10.1. The fraction of sp³-hybridized carbons (Fsp3) is 0.417. The number of benzene rings is 1. The fourth-order valence-electron chi connectivity index (χ4n) is 1.46. The maximum Gasteiger partial charge on any atom is 0.417 e. The maximum atomic E-state index is 12.8. The number of amides is 1. The molecule has 0 aliphatic carbocycles. The Labute approximate surface area is 122 Å². The second-order valence-electron chi connectivity index (χ2n) is 3.79. The molecule has 0 saturated heterocycles. The molecule has 1 N–H and O–H groups in total. The van der Waals surface area contributed by atoms with Gasteiger partial charge in [-0.2, -0.15) is 24.9 Å². The molecule has 106 valence electrons. The lowest BCUT2D eigenvalue weighted by Gasteiger charge is -2.13. The summed E-state index contributed by atoms with van der Waals surface area (Å²) in [5.74, 6) is 0.160. The van der Waals surface area contributed by atoms with Crippen LogP contribution >= 0.6 is 27.7 Å². The molecule has 0 heterocycles. The number of rotatable bonds is 5. The summed E-state index contributed by atoms with van der Waals surface area (Å²) in [5.41, 5.74) is -1.27. The lowest BCUT2D eigenvalue weighted by Crippen LogP contribution is -2.27. The molecule has 0 aliphatic rings. The van der Waals surface area contributed by atoms with Gasteiger partial charge in [-0.25, -0.2) is 0 Å². The molecule has 1 rings (SSSR count). The van der Waals surface area contributed by atoms with Crippen LogP contribution in [0.15, 0.2) is 22.7 Å². The Balaban J connectivity index is 2.85. The van der Waals surface area contributed by atoms with Crippen molar-refractivity contribution in [1.29, 1.82) is 0 Å². The number of carbonyl (C=O) groups excluding carboxylic acids is 1. The zero-order valence-electron chi connectivity index (χ0n) is 10.2. The molecule has 0 aromatic heterocycles. The minimum absolute atomic E-state index is 0.291. The van der Waals surface area contributed by atoms with E-state index in [0.717, 1.165) is 18.2 Å². The Morgan fingerprint density at radius 2 is 2.11 bits per heavy atom. The van der Waals surface area contributed by atoms with E-state index in [-0.39, 0.29) is 5.56 Å². The van der Waals surface area contributed by atoms with Crippen LogP contribution < -0.4 is 5.32 Å². The normalized spacial score (nSPS) is 11.4. The van der Waals surface area contributed by atoms with Crippen LogP contribution in [0, 0.1) is 0 Å². The van der Waals surface area contributed by atoms with Gasteiger partial charge in [0.1, 0.15) is 0 Å². The van der Waals surface area contributed by atoms with Gasteiger partial charge in [0.15, 0.2) is 0 Å². The number of nitrogens with one attached hydrogen (secondary N) is 1. The molecule has 1 aromatic carbocycles. The van der Waals surface area contributed by atoms with Crippen molar-refractivity contribution < 1.29 is 18.0 Å². The zero-order chi connectivity index (χ0) is 14.5. The largest absolute Gasteiger partial charge is 0.417 e. The van der Waals surface area contributed by atoms with E-state index in [9.17, 15) is 18.0 Å². The summed E-state index contributed by atoms with van der Waals surface area (Å²) in [6.45, 7) is 0.368. The fourth-order valence-corrected chi connectivity index (χ4v) is 2.26. The summed E-state index contributed by atoms with van der Waals surface area (Å²) >= 11 is 4.60. The second-order valence-corrected chi connectivity index (χ2v) is 5.69. The first kappa shape index (κ1) is 16.4. The SMILES string of the molecule is CSCCCNC(=O)c1ccc(Br)cc1C(F)(F)F. The predicted molar refractivity (Wildman–Crippen MR) is 74.5 cm³/mol. The summed E-state index contributed by atoms with van der Waals surface area (Å²) < 4.78 is 38.8. The third-order valence-electron chi connectivity index (χ3n) is 2.34.